The van der Waals surface area contributed by atoms with Gasteiger partial charge in [0.2, 0.25) is 0 Å². The first kappa shape index (κ1) is 17.2. The first-order chi connectivity index (χ1) is 10.8. The Morgan fingerprint density at radius 2 is 1.78 bits per heavy atom. The van der Waals surface area contributed by atoms with Crippen molar-refractivity contribution in [1.82, 2.24) is 0 Å². The predicted octanol–water partition coefficient (Wildman–Crippen LogP) is 5.51. The largest absolute Gasteiger partial charge is 1.00 e. The molecule has 0 amide bonds. The molecule has 0 spiro atoms. The standard InChI is InChI=1S/C21H25Si.Hf.2H/c1-13-10-11-14(2)19(13)20-15(3)12-17-8-7-9-18(22(5)6)16(4)21(17)20;;;/h7-11,13,16H,1-6H3;;;/q;+2;2*-1. The Morgan fingerprint density at radius 3 is 2.35 bits per heavy atom. The van der Waals surface area contributed by atoms with Gasteiger partial charge in [0, 0.05) is 0 Å². The minimum absolute atomic E-state index is 0. The minimum atomic E-state index is -0.428. The van der Waals surface area contributed by atoms with Crippen LogP contribution in [0.5, 0.6) is 0 Å². The molecule has 0 saturated carbocycles. The molecule has 2 unspecified atom stereocenters. The molecule has 3 aliphatic rings. The summed E-state index contributed by atoms with van der Waals surface area (Å²) in [6, 6.07) is 0. The van der Waals surface area contributed by atoms with Gasteiger partial charge in [-0.2, -0.15) is 0 Å². The van der Waals surface area contributed by atoms with Gasteiger partial charge in [-0.3, -0.25) is 0 Å². The average Bonchev–Trinajstić information content (AvgIpc) is 2.86. The number of hydrogen-bond donors (Lipinski definition) is 0. The zero-order chi connectivity index (χ0) is 16.9. The van der Waals surface area contributed by atoms with Gasteiger partial charge in [-0.15, -0.1) is 0 Å². The van der Waals surface area contributed by atoms with Crippen LogP contribution in [0.15, 0.2) is 67.1 Å². The first-order valence-corrected chi connectivity index (χ1v) is 12.8. The smallest absolute Gasteiger partial charge is 1.00 e. The van der Waals surface area contributed by atoms with E-state index in [-0.39, 0.29) is 2.85 Å². The molecule has 3 rings (SSSR count). The zero-order valence-corrected chi connectivity index (χ0v) is 19.6. The van der Waals surface area contributed by atoms with E-state index in [1.807, 2.05) is 0 Å². The number of fused-ring (bicyclic) bond motifs is 1. The van der Waals surface area contributed by atoms with E-state index in [0.717, 1.165) is 24.4 Å². The monoisotopic (exact) mass is 487 g/mol. The normalized spacial score (nSPS) is 27.1. The van der Waals surface area contributed by atoms with Crippen LogP contribution in [-0.4, -0.2) is 13.6 Å². The molecule has 0 aromatic rings. The molecule has 0 N–H and O–H groups in total. The molecule has 119 valence electrons. The second kappa shape index (κ2) is 6.37. The molecular formula is C21H27HfSi. The summed E-state index contributed by atoms with van der Waals surface area (Å²) in [5, 5.41) is 1.66. The van der Waals surface area contributed by atoms with Crippen molar-refractivity contribution in [2.75, 3.05) is 0 Å². The molecule has 23 heavy (non-hydrogen) atoms. The molecule has 3 aliphatic carbocycles. The summed E-state index contributed by atoms with van der Waals surface area (Å²) in [7, 11) is -0.428. The van der Waals surface area contributed by atoms with Crippen LogP contribution in [0.3, 0.4) is 0 Å². The molecule has 0 aromatic heterocycles. The quantitative estimate of drug-likeness (QED) is 0.430. The van der Waals surface area contributed by atoms with Crippen LogP contribution in [0.1, 0.15) is 30.5 Å². The summed E-state index contributed by atoms with van der Waals surface area (Å²) in [6.07, 6.45) is 11.8. The summed E-state index contributed by atoms with van der Waals surface area (Å²) in [5.41, 5.74) is 9.30. The van der Waals surface area contributed by atoms with E-state index in [1.165, 1.54) is 11.1 Å². The van der Waals surface area contributed by atoms with E-state index < -0.39 is 8.41 Å². The summed E-state index contributed by atoms with van der Waals surface area (Å²) in [6.45, 7) is 14.3. The Hall–Kier alpha value is -0.603. The third kappa shape index (κ3) is 2.72. The molecule has 2 atom stereocenters. The van der Waals surface area contributed by atoms with Crippen LogP contribution in [0.2, 0.25) is 13.1 Å². The van der Waals surface area contributed by atoms with Crippen molar-refractivity contribution in [1.29, 1.82) is 0 Å². The van der Waals surface area contributed by atoms with Gasteiger partial charge in [0.1, 0.15) is 0 Å². The summed E-state index contributed by atoms with van der Waals surface area (Å²) >= 11 is 1.12. The van der Waals surface area contributed by atoms with Gasteiger partial charge < -0.3 is 2.85 Å². The minimum Gasteiger partial charge on any atom is -1.00 e. The van der Waals surface area contributed by atoms with Crippen molar-refractivity contribution in [2.24, 2.45) is 11.8 Å². The summed E-state index contributed by atoms with van der Waals surface area (Å²) in [4.78, 5) is 0. The molecular weight excluding hydrogens is 459 g/mol. The molecule has 0 bridgehead atoms. The van der Waals surface area contributed by atoms with Gasteiger partial charge in [0.05, 0.1) is 0 Å². The molecule has 0 heterocycles. The van der Waals surface area contributed by atoms with Crippen molar-refractivity contribution in [3.8, 4) is 0 Å². The number of rotatable bonds is 1. The van der Waals surface area contributed by atoms with Crippen LogP contribution in [0.4, 0.5) is 0 Å². The van der Waals surface area contributed by atoms with Gasteiger partial charge in [-0.05, 0) is 0 Å². The maximum Gasteiger partial charge on any atom is -1.00 e. The van der Waals surface area contributed by atoms with E-state index in [2.05, 4.69) is 71.2 Å². The second-order valence-corrected chi connectivity index (χ2v) is 11.5. The predicted molar refractivity (Wildman–Crippen MR) is 102 cm³/mol. The third-order valence-electron chi connectivity index (χ3n) is 5.38. The van der Waals surface area contributed by atoms with Crippen LogP contribution in [0, 0.1) is 11.8 Å². The molecule has 0 saturated heterocycles. The van der Waals surface area contributed by atoms with E-state index in [1.54, 1.807) is 30.8 Å². The van der Waals surface area contributed by atoms with Gasteiger partial charge in [-0.1, -0.05) is 0 Å². The number of hydrogen-bond acceptors (Lipinski definition) is 0. The van der Waals surface area contributed by atoms with Gasteiger partial charge in [-0.25, -0.2) is 0 Å². The second-order valence-electron chi connectivity index (χ2n) is 7.15. The van der Waals surface area contributed by atoms with Gasteiger partial charge in [0.25, 0.3) is 0 Å². The molecule has 2 heteroatoms. The maximum atomic E-state index is 2.43. The van der Waals surface area contributed by atoms with Crippen molar-refractivity contribution >= 4 is 13.6 Å². The molecule has 0 fully saturated rings. The van der Waals surface area contributed by atoms with Crippen molar-refractivity contribution < 1.29 is 27.2 Å². The SMILES string of the molecule is CC1=C(C2=C3C(=CC=CC(=[Si](C)C)C3C)[C]([Hf+2])=C2C)C(C)C=C1.[H-].[H-]. The maximum absolute atomic E-state index is 2.43. The van der Waals surface area contributed by atoms with E-state index in [0.29, 0.717) is 11.8 Å². The Labute approximate surface area is 160 Å². The van der Waals surface area contributed by atoms with Crippen LogP contribution in [-0.2, 0) is 24.4 Å². The fourth-order valence-corrected chi connectivity index (χ4v) is 6.85. The van der Waals surface area contributed by atoms with Crippen molar-refractivity contribution in [3.05, 3.63) is 67.1 Å². The Kier molecular flexibility index (Phi) is 4.77. The zero-order valence-electron chi connectivity index (χ0n) is 17.0. The van der Waals surface area contributed by atoms with Crippen LogP contribution >= 0.6 is 0 Å². The Bertz CT molecular complexity index is 800. The Morgan fingerprint density at radius 1 is 1.09 bits per heavy atom. The van der Waals surface area contributed by atoms with E-state index in [4.69, 9.17) is 0 Å². The fourth-order valence-electron chi connectivity index (χ4n) is 4.17. The summed E-state index contributed by atoms with van der Waals surface area (Å²) in [5.74, 6) is 1.09. The van der Waals surface area contributed by atoms with Gasteiger partial charge >= 0.3 is 158 Å². The third-order valence-corrected chi connectivity index (χ3v) is 9.45. The van der Waals surface area contributed by atoms with Crippen LogP contribution in [0.25, 0.3) is 0 Å². The Balaban J connectivity index is 0.00000156. The topological polar surface area (TPSA) is 0 Å². The molecule has 0 radical (unpaired) electrons. The van der Waals surface area contributed by atoms with E-state index >= 15 is 0 Å². The van der Waals surface area contributed by atoms with Crippen molar-refractivity contribution in [3.63, 3.8) is 0 Å². The molecule has 0 nitrogen and oxygen atoms in total. The van der Waals surface area contributed by atoms with Crippen molar-refractivity contribution in [2.45, 2.75) is 40.8 Å². The first-order valence-electron chi connectivity index (χ1n) is 8.47. The molecule has 0 aliphatic heterocycles. The van der Waals surface area contributed by atoms with Gasteiger partial charge in [0.15, 0.2) is 0 Å². The number of allylic oxidation sites excluding steroid dienone is 12. The van der Waals surface area contributed by atoms with E-state index in [9.17, 15) is 0 Å². The van der Waals surface area contributed by atoms with Crippen LogP contribution < -0.4 is 0 Å². The summed E-state index contributed by atoms with van der Waals surface area (Å²) < 4.78 is 1.60. The fraction of sp³-hybridized carbons (Fsp3) is 0.381. The average molecular weight is 486 g/mol. The molecule has 0 aromatic carbocycles.